The molecule has 1 aliphatic carbocycles. The topological polar surface area (TPSA) is 217 Å². The molecule has 5 N–H and O–H groups in total. The molecule has 1 saturated carbocycles. The molecular weight excluding hydrogens is 1010 g/mol. The van der Waals surface area contributed by atoms with Gasteiger partial charge in [0, 0.05) is 62.2 Å². The van der Waals surface area contributed by atoms with Crippen molar-refractivity contribution in [3.05, 3.63) is 129 Å². The van der Waals surface area contributed by atoms with E-state index in [4.69, 9.17) is 19.2 Å². The molecule has 0 spiro atoms. The summed E-state index contributed by atoms with van der Waals surface area (Å²) >= 11 is 1.32. The Kier molecular flexibility index (Phi) is 17.6. The smallest absolute Gasteiger partial charge is 0.395 e. The number of aryl methyl sites for hydroxylation is 1. The summed E-state index contributed by atoms with van der Waals surface area (Å²) in [5.41, 5.74) is 3.39. The van der Waals surface area contributed by atoms with E-state index < -0.39 is 17.3 Å². The first kappa shape index (κ1) is 54.9. The molecule has 0 unspecified atom stereocenters. The van der Waals surface area contributed by atoms with Gasteiger partial charge in [0.05, 0.1) is 74.9 Å². The van der Waals surface area contributed by atoms with Gasteiger partial charge in [-0.25, -0.2) is 9.97 Å². The fraction of sp³-hybridized carbons (Fsp3) is 0.429. The lowest BCUT2D eigenvalue weighted by Gasteiger charge is -2.38. The molecule has 3 aromatic carbocycles. The normalized spacial score (nSPS) is 16.2. The van der Waals surface area contributed by atoms with Crippen LogP contribution in [0.2, 0.25) is 0 Å². The largest absolute Gasteiger partial charge is 0.586 e. The fourth-order valence-electron chi connectivity index (χ4n) is 9.51. The standard InChI is InChI=1S/C56H64F2N8O10S/c1-37-11-14-46(64-53(70)55(15-16-55)42-12-13-44-45(33-42)76-56(57,58)75-44)63-48(37)40-9-6-10-41(32-40)51(68)61-22-26-73-28-30-74-29-27-72-25-21-59-19-20-60-43-34-77-50-49(43)62-36-66(52(50)69)35-54(71)17-23-65(24-18-54)47(67)31-38(2)39-7-4-3-5-8-39/h3-14,32-34,36,38,59-60,71H,15-31,35H2,1-2H3,(H,61,68)(H,63,64,70)/t38-/m1/s1. The third-order valence-corrected chi connectivity index (χ3v) is 15.1. The summed E-state index contributed by atoms with van der Waals surface area (Å²) in [6, 6.07) is 25.0. The minimum Gasteiger partial charge on any atom is -0.395 e. The second-order valence-corrected chi connectivity index (χ2v) is 20.6. The first-order valence-corrected chi connectivity index (χ1v) is 26.8. The molecule has 3 aromatic heterocycles. The molecule has 9 rings (SSSR count). The number of amides is 3. The van der Waals surface area contributed by atoms with Gasteiger partial charge < -0.3 is 55.0 Å². The lowest BCUT2D eigenvalue weighted by Crippen LogP contribution is -2.49. The Morgan fingerprint density at radius 2 is 1.56 bits per heavy atom. The van der Waals surface area contributed by atoms with Crippen LogP contribution in [0.15, 0.2) is 101 Å². The van der Waals surface area contributed by atoms with E-state index in [1.807, 2.05) is 59.7 Å². The highest BCUT2D eigenvalue weighted by Crippen LogP contribution is 2.52. The summed E-state index contributed by atoms with van der Waals surface area (Å²) in [4.78, 5) is 64.2. The maximum atomic E-state index is 13.6. The number of likely N-dealkylation sites (tertiary alicyclic amines) is 1. The number of ether oxygens (including phenoxy) is 5. The van der Waals surface area contributed by atoms with Crippen LogP contribution >= 0.6 is 11.3 Å². The Balaban J connectivity index is 0.599. The number of piperidine rings is 1. The SMILES string of the molecule is Cc1ccc(NC(=O)C2(c3ccc4c(c3)OC(F)(F)O4)CC2)nc1-c1cccc(C(=O)NCCOCCOCCOCCNCCNc2csc3c(=O)n(CC4(O)CCN(C(=O)C[C@@H](C)c5ccccc5)CC4)cnc23)c1. The number of aliphatic hydroxyl groups is 1. The number of rotatable bonds is 26. The zero-order chi connectivity index (χ0) is 54.0. The molecule has 3 amide bonds. The van der Waals surface area contributed by atoms with Crippen molar-refractivity contribution in [2.75, 3.05) is 89.5 Å². The quantitative estimate of drug-likeness (QED) is 0.0352. The van der Waals surface area contributed by atoms with Gasteiger partial charge in [0.1, 0.15) is 16.0 Å². The van der Waals surface area contributed by atoms with Gasteiger partial charge in [-0.1, -0.05) is 61.5 Å². The molecule has 3 aliphatic rings. The molecule has 0 radical (unpaired) electrons. The first-order valence-electron chi connectivity index (χ1n) is 26.0. The fourth-order valence-corrected chi connectivity index (χ4v) is 10.4. The number of halogens is 2. The number of anilines is 2. The lowest BCUT2D eigenvalue weighted by molar-refractivity contribution is -0.286. The van der Waals surface area contributed by atoms with Crippen LogP contribution in [0, 0.1) is 6.92 Å². The molecular formula is C56H64F2N8O10S. The predicted octanol–water partition coefficient (Wildman–Crippen LogP) is 6.85. The van der Waals surface area contributed by atoms with Crippen molar-refractivity contribution in [3.8, 4) is 22.8 Å². The molecule has 0 bridgehead atoms. The molecule has 6 aromatic rings. The number of pyridine rings is 1. The number of nitrogens with one attached hydrogen (secondary N) is 4. The number of benzene rings is 3. The van der Waals surface area contributed by atoms with Gasteiger partial charge in [0.2, 0.25) is 11.8 Å². The minimum absolute atomic E-state index is 0.0742. The number of carbonyl (C=O) groups is 3. The van der Waals surface area contributed by atoms with Crippen molar-refractivity contribution >= 4 is 50.8 Å². The highest BCUT2D eigenvalue weighted by Gasteiger charge is 2.53. The summed E-state index contributed by atoms with van der Waals surface area (Å²) in [6.45, 7) is 9.47. The molecule has 18 nitrogen and oxygen atoms in total. The van der Waals surface area contributed by atoms with Crippen LogP contribution in [0.25, 0.3) is 21.5 Å². The van der Waals surface area contributed by atoms with Crippen molar-refractivity contribution in [1.29, 1.82) is 0 Å². The number of hydrogen-bond donors (Lipinski definition) is 5. The number of carbonyl (C=O) groups excluding carboxylic acids is 3. The van der Waals surface area contributed by atoms with Crippen molar-refractivity contribution in [2.24, 2.45) is 0 Å². The van der Waals surface area contributed by atoms with Gasteiger partial charge in [-0.2, -0.15) is 0 Å². The van der Waals surface area contributed by atoms with E-state index in [2.05, 4.69) is 42.6 Å². The molecule has 2 aliphatic heterocycles. The number of hydrogen-bond acceptors (Lipinski definition) is 15. The van der Waals surface area contributed by atoms with Gasteiger partial charge in [-0.15, -0.1) is 20.1 Å². The first-order chi connectivity index (χ1) is 37.2. The molecule has 2 fully saturated rings. The lowest BCUT2D eigenvalue weighted by atomic mass is 9.90. The molecule has 1 saturated heterocycles. The summed E-state index contributed by atoms with van der Waals surface area (Å²) in [5, 5.41) is 25.8. The van der Waals surface area contributed by atoms with E-state index in [0.29, 0.717) is 143 Å². The maximum absolute atomic E-state index is 13.6. The predicted molar refractivity (Wildman–Crippen MR) is 287 cm³/mol. The van der Waals surface area contributed by atoms with Crippen molar-refractivity contribution in [3.63, 3.8) is 0 Å². The van der Waals surface area contributed by atoms with Gasteiger partial charge >= 0.3 is 6.29 Å². The van der Waals surface area contributed by atoms with Crippen LogP contribution in [-0.2, 0) is 35.8 Å². The van der Waals surface area contributed by atoms with Crippen LogP contribution in [0.5, 0.6) is 11.5 Å². The molecule has 21 heteroatoms. The Hall–Kier alpha value is -6.88. The third kappa shape index (κ3) is 13.8. The number of thiophene rings is 1. The van der Waals surface area contributed by atoms with Crippen LogP contribution in [0.1, 0.15) is 72.0 Å². The minimum atomic E-state index is -3.75. The number of aromatic nitrogens is 3. The number of alkyl halides is 2. The Morgan fingerprint density at radius 1 is 0.831 bits per heavy atom. The second-order valence-electron chi connectivity index (χ2n) is 19.7. The maximum Gasteiger partial charge on any atom is 0.586 e. The summed E-state index contributed by atoms with van der Waals surface area (Å²) in [5.74, 6) is -0.297. The monoisotopic (exact) mass is 1080 g/mol. The molecule has 408 valence electrons. The van der Waals surface area contributed by atoms with E-state index in [1.165, 1.54) is 34.4 Å². The Morgan fingerprint density at radius 3 is 2.31 bits per heavy atom. The van der Waals surface area contributed by atoms with Crippen molar-refractivity contribution in [2.45, 2.75) is 75.7 Å². The number of fused-ring (bicyclic) bond motifs is 2. The average molecular weight is 1080 g/mol. The summed E-state index contributed by atoms with van der Waals surface area (Å²) in [7, 11) is 0. The van der Waals surface area contributed by atoms with Crippen molar-refractivity contribution < 1.29 is 52.0 Å². The van der Waals surface area contributed by atoms with E-state index in [-0.39, 0.29) is 53.8 Å². The van der Waals surface area contributed by atoms with Crippen LogP contribution < -0.4 is 36.3 Å². The van der Waals surface area contributed by atoms with Gasteiger partial charge in [-0.05, 0) is 85.5 Å². The van der Waals surface area contributed by atoms with Gasteiger partial charge in [-0.3, -0.25) is 23.7 Å². The van der Waals surface area contributed by atoms with E-state index >= 15 is 0 Å². The van der Waals surface area contributed by atoms with E-state index in [1.54, 1.807) is 30.3 Å². The van der Waals surface area contributed by atoms with Crippen molar-refractivity contribution in [1.82, 2.24) is 30.1 Å². The average Bonchev–Trinajstić information content (AvgIpc) is 4.07. The molecule has 5 heterocycles. The third-order valence-electron chi connectivity index (χ3n) is 14.1. The van der Waals surface area contributed by atoms with Crippen LogP contribution in [0.4, 0.5) is 20.3 Å². The summed E-state index contributed by atoms with van der Waals surface area (Å²) in [6.07, 6.45) is -0.00677. The molecule has 77 heavy (non-hydrogen) atoms. The van der Waals surface area contributed by atoms with Crippen LogP contribution in [-0.4, -0.2) is 133 Å². The van der Waals surface area contributed by atoms with Crippen LogP contribution in [0.3, 0.4) is 0 Å². The second kappa shape index (κ2) is 24.6. The van der Waals surface area contributed by atoms with Gasteiger partial charge in [0.15, 0.2) is 11.5 Å². The number of nitrogens with zero attached hydrogens (tertiary/aromatic N) is 4. The van der Waals surface area contributed by atoms with Gasteiger partial charge in [0.25, 0.3) is 11.5 Å². The Labute approximate surface area is 448 Å². The zero-order valence-electron chi connectivity index (χ0n) is 43.1. The highest BCUT2D eigenvalue weighted by atomic mass is 32.1. The summed E-state index contributed by atoms with van der Waals surface area (Å²) < 4.78 is 55.3. The Bertz CT molecular complexity index is 3090. The zero-order valence-corrected chi connectivity index (χ0v) is 43.9. The highest BCUT2D eigenvalue weighted by molar-refractivity contribution is 7.17. The van der Waals surface area contributed by atoms with E-state index in [0.717, 1.165) is 16.8 Å². The molecule has 1 atom stereocenters. The van der Waals surface area contributed by atoms with E-state index in [9.17, 15) is 33.1 Å².